The summed E-state index contributed by atoms with van der Waals surface area (Å²) in [4.78, 5) is 33.0. The number of amides is 1. The lowest BCUT2D eigenvalue weighted by molar-refractivity contribution is -0.159. The molecule has 2 aliphatic rings. The standard InChI is InChI=1S/C18H26N2O.C2H2O4/c21-18(19-17-8-4-5-9-17)16-10-12-20(13-11-16)14-15-6-2-1-3-7-15;3-1(4)2(5)6/h1-3,6-7,16-17H,4-5,8-14H2,(H,19,21);(H,3,4)(H,5,6). The summed E-state index contributed by atoms with van der Waals surface area (Å²) in [5, 5.41) is 18.0. The molecule has 1 aromatic rings. The molecular formula is C20H28N2O5. The summed E-state index contributed by atoms with van der Waals surface area (Å²) >= 11 is 0. The molecule has 1 aromatic carbocycles. The molecule has 0 atom stereocenters. The van der Waals surface area contributed by atoms with Gasteiger partial charge in [-0.1, -0.05) is 43.2 Å². The topological polar surface area (TPSA) is 107 Å². The fourth-order valence-corrected chi connectivity index (χ4v) is 3.58. The van der Waals surface area contributed by atoms with Crippen LogP contribution in [-0.2, 0) is 20.9 Å². The molecule has 1 amide bonds. The zero-order chi connectivity index (χ0) is 19.6. The van der Waals surface area contributed by atoms with E-state index in [1.54, 1.807) is 0 Å². The summed E-state index contributed by atoms with van der Waals surface area (Å²) in [6.45, 7) is 3.09. The maximum absolute atomic E-state index is 12.3. The van der Waals surface area contributed by atoms with Gasteiger partial charge in [0.15, 0.2) is 0 Å². The first-order chi connectivity index (χ1) is 13.0. The average Bonchev–Trinajstić information content (AvgIpc) is 3.16. The monoisotopic (exact) mass is 376 g/mol. The zero-order valence-electron chi connectivity index (χ0n) is 15.5. The lowest BCUT2D eigenvalue weighted by Gasteiger charge is -2.31. The van der Waals surface area contributed by atoms with E-state index in [2.05, 4.69) is 40.5 Å². The average molecular weight is 376 g/mol. The van der Waals surface area contributed by atoms with Crippen LogP contribution in [0.2, 0.25) is 0 Å². The zero-order valence-corrected chi connectivity index (χ0v) is 15.5. The van der Waals surface area contributed by atoms with E-state index in [9.17, 15) is 4.79 Å². The van der Waals surface area contributed by atoms with Gasteiger partial charge in [0.2, 0.25) is 5.91 Å². The predicted molar refractivity (Wildman–Crippen MR) is 100 cm³/mol. The Balaban J connectivity index is 0.000000380. The van der Waals surface area contributed by atoms with Crippen LogP contribution in [0, 0.1) is 5.92 Å². The SMILES string of the molecule is O=C(NC1CCCC1)C1CCN(Cc2ccccc2)CC1.O=C(O)C(=O)O. The Kier molecular flexibility index (Phi) is 8.26. The molecule has 3 rings (SSSR count). The molecule has 0 unspecified atom stereocenters. The van der Waals surface area contributed by atoms with Crippen molar-refractivity contribution in [3.05, 3.63) is 35.9 Å². The Bertz CT molecular complexity index is 609. The number of hydrogen-bond donors (Lipinski definition) is 3. The highest BCUT2D eigenvalue weighted by Gasteiger charge is 2.27. The van der Waals surface area contributed by atoms with Gasteiger partial charge in [0.1, 0.15) is 0 Å². The Morgan fingerprint density at radius 2 is 1.48 bits per heavy atom. The Hall–Kier alpha value is -2.41. The predicted octanol–water partition coefficient (Wildman–Crippen LogP) is 2.11. The summed E-state index contributed by atoms with van der Waals surface area (Å²) < 4.78 is 0. The van der Waals surface area contributed by atoms with E-state index in [4.69, 9.17) is 19.8 Å². The highest BCUT2D eigenvalue weighted by molar-refractivity contribution is 6.27. The molecule has 1 heterocycles. The summed E-state index contributed by atoms with van der Waals surface area (Å²) in [6.07, 6.45) is 6.93. The van der Waals surface area contributed by atoms with E-state index in [0.29, 0.717) is 11.9 Å². The van der Waals surface area contributed by atoms with Crippen molar-refractivity contribution in [1.29, 1.82) is 0 Å². The minimum absolute atomic E-state index is 0.234. The van der Waals surface area contributed by atoms with E-state index >= 15 is 0 Å². The molecule has 0 spiro atoms. The van der Waals surface area contributed by atoms with Crippen LogP contribution in [-0.4, -0.2) is 52.1 Å². The van der Waals surface area contributed by atoms with E-state index in [0.717, 1.165) is 32.5 Å². The van der Waals surface area contributed by atoms with Crippen LogP contribution in [0.15, 0.2) is 30.3 Å². The number of carbonyl (C=O) groups is 3. The van der Waals surface area contributed by atoms with Gasteiger partial charge in [-0.15, -0.1) is 0 Å². The highest BCUT2D eigenvalue weighted by atomic mass is 16.4. The van der Waals surface area contributed by atoms with Crippen LogP contribution < -0.4 is 5.32 Å². The number of piperidine rings is 1. The number of carbonyl (C=O) groups excluding carboxylic acids is 1. The van der Waals surface area contributed by atoms with Gasteiger partial charge in [0, 0.05) is 18.5 Å². The molecule has 2 fully saturated rings. The minimum Gasteiger partial charge on any atom is -0.473 e. The first-order valence-electron chi connectivity index (χ1n) is 9.48. The van der Waals surface area contributed by atoms with E-state index in [1.807, 2.05) is 0 Å². The van der Waals surface area contributed by atoms with Crippen molar-refractivity contribution < 1.29 is 24.6 Å². The van der Waals surface area contributed by atoms with Crippen LogP contribution in [0.4, 0.5) is 0 Å². The van der Waals surface area contributed by atoms with Gasteiger partial charge in [-0.05, 0) is 44.3 Å². The smallest absolute Gasteiger partial charge is 0.414 e. The van der Waals surface area contributed by atoms with Crippen LogP contribution in [0.3, 0.4) is 0 Å². The first-order valence-corrected chi connectivity index (χ1v) is 9.48. The summed E-state index contributed by atoms with van der Waals surface area (Å²) in [6, 6.07) is 11.1. The molecule has 1 aliphatic carbocycles. The van der Waals surface area contributed by atoms with Gasteiger partial charge in [0.05, 0.1) is 0 Å². The number of rotatable bonds is 4. The van der Waals surface area contributed by atoms with Gasteiger partial charge in [-0.25, -0.2) is 9.59 Å². The second kappa shape index (κ2) is 10.7. The minimum atomic E-state index is -1.82. The lowest BCUT2D eigenvalue weighted by atomic mass is 9.95. The van der Waals surface area contributed by atoms with Gasteiger partial charge >= 0.3 is 11.9 Å². The molecule has 0 aromatic heterocycles. The number of aliphatic carboxylic acids is 2. The van der Waals surface area contributed by atoms with Crippen molar-refractivity contribution in [3.63, 3.8) is 0 Å². The van der Waals surface area contributed by atoms with Crippen molar-refractivity contribution in [2.24, 2.45) is 5.92 Å². The number of carboxylic acids is 2. The fraction of sp³-hybridized carbons (Fsp3) is 0.550. The summed E-state index contributed by atoms with van der Waals surface area (Å²) in [5.41, 5.74) is 1.37. The van der Waals surface area contributed by atoms with Crippen molar-refractivity contribution in [3.8, 4) is 0 Å². The third-order valence-electron chi connectivity index (χ3n) is 5.09. The van der Waals surface area contributed by atoms with Gasteiger partial charge < -0.3 is 15.5 Å². The van der Waals surface area contributed by atoms with E-state index < -0.39 is 11.9 Å². The lowest BCUT2D eigenvalue weighted by Crippen LogP contribution is -2.42. The number of carboxylic acid groups (broad SMARTS) is 2. The van der Waals surface area contributed by atoms with Crippen molar-refractivity contribution in [2.45, 2.75) is 51.1 Å². The van der Waals surface area contributed by atoms with Crippen molar-refractivity contribution in [1.82, 2.24) is 10.2 Å². The molecule has 1 aliphatic heterocycles. The molecule has 0 bridgehead atoms. The van der Waals surface area contributed by atoms with E-state index in [-0.39, 0.29) is 5.92 Å². The van der Waals surface area contributed by atoms with Gasteiger partial charge in [-0.3, -0.25) is 9.69 Å². The maximum Gasteiger partial charge on any atom is 0.414 e. The number of hydrogen-bond acceptors (Lipinski definition) is 4. The second-order valence-electron chi connectivity index (χ2n) is 7.14. The number of nitrogens with one attached hydrogen (secondary N) is 1. The maximum atomic E-state index is 12.3. The molecule has 27 heavy (non-hydrogen) atoms. The number of benzene rings is 1. The fourth-order valence-electron chi connectivity index (χ4n) is 3.58. The van der Waals surface area contributed by atoms with Gasteiger partial charge in [-0.2, -0.15) is 0 Å². The van der Waals surface area contributed by atoms with Gasteiger partial charge in [0.25, 0.3) is 0 Å². The normalized spacial score (nSPS) is 18.4. The quantitative estimate of drug-likeness (QED) is 0.695. The van der Waals surface area contributed by atoms with Crippen LogP contribution in [0.25, 0.3) is 0 Å². The molecule has 7 nitrogen and oxygen atoms in total. The molecule has 0 radical (unpaired) electrons. The summed E-state index contributed by atoms with van der Waals surface area (Å²) in [7, 11) is 0. The molecule has 1 saturated carbocycles. The summed E-state index contributed by atoms with van der Waals surface area (Å²) in [5.74, 6) is -3.11. The third-order valence-corrected chi connectivity index (χ3v) is 5.09. The van der Waals surface area contributed by atoms with Crippen molar-refractivity contribution >= 4 is 17.8 Å². The Morgan fingerprint density at radius 1 is 0.926 bits per heavy atom. The number of nitrogens with zero attached hydrogens (tertiary/aromatic N) is 1. The molecule has 7 heteroatoms. The highest BCUT2D eigenvalue weighted by Crippen LogP contribution is 2.22. The van der Waals surface area contributed by atoms with E-state index in [1.165, 1.54) is 31.2 Å². The van der Waals surface area contributed by atoms with Crippen LogP contribution in [0.1, 0.15) is 44.1 Å². The molecule has 148 valence electrons. The second-order valence-corrected chi connectivity index (χ2v) is 7.14. The number of likely N-dealkylation sites (tertiary alicyclic amines) is 1. The first kappa shape index (κ1) is 20.9. The van der Waals surface area contributed by atoms with Crippen LogP contribution in [0.5, 0.6) is 0 Å². The molecule has 1 saturated heterocycles. The Morgan fingerprint density at radius 3 is 2.00 bits per heavy atom. The largest absolute Gasteiger partial charge is 0.473 e. The van der Waals surface area contributed by atoms with Crippen LogP contribution >= 0.6 is 0 Å². The molecular weight excluding hydrogens is 348 g/mol. The molecule has 3 N–H and O–H groups in total. The van der Waals surface area contributed by atoms with Crippen molar-refractivity contribution in [2.75, 3.05) is 13.1 Å². The third kappa shape index (κ3) is 7.38. The Labute approximate surface area is 159 Å².